The van der Waals surface area contributed by atoms with Crippen molar-refractivity contribution < 1.29 is 9.63 Å². The topological polar surface area (TPSA) is 84.1 Å². The fourth-order valence-electron chi connectivity index (χ4n) is 3.49. The van der Waals surface area contributed by atoms with Crippen LogP contribution in [0.1, 0.15) is 50.0 Å². The molecule has 24 heavy (non-hydrogen) atoms. The maximum absolute atomic E-state index is 9.34. The minimum absolute atomic E-state index is 0.205. The molecule has 6 nitrogen and oxygen atoms in total. The van der Waals surface area contributed by atoms with E-state index in [1.807, 2.05) is 19.1 Å². The van der Waals surface area contributed by atoms with Crippen molar-refractivity contribution in [1.82, 2.24) is 20.4 Å². The predicted octanol–water partition coefficient (Wildman–Crippen LogP) is 2.86. The van der Waals surface area contributed by atoms with Crippen LogP contribution in [0.25, 0.3) is 11.5 Å². The predicted molar refractivity (Wildman–Crippen MR) is 91.2 cm³/mol. The summed E-state index contributed by atoms with van der Waals surface area (Å²) in [5.74, 6) is 1.71. The summed E-state index contributed by atoms with van der Waals surface area (Å²) in [6.45, 7) is 2.74. The number of aliphatic hydroxyl groups excluding tert-OH is 1. The summed E-state index contributed by atoms with van der Waals surface area (Å²) in [6, 6.07) is 4.19. The molecule has 0 spiro atoms. The number of hydrogen-bond donors (Lipinski definition) is 2. The largest absolute Gasteiger partial charge is 0.396 e. The minimum atomic E-state index is 0.205. The van der Waals surface area contributed by atoms with E-state index < -0.39 is 0 Å². The molecule has 1 atom stereocenters. The van der Waals surface area contributed by atoms with E-state index in [0.29, 0.717) is 30.2 Å². The van der Waals surface area contributed by atoms with Gasteiger partial charge in [-0.3, -0.25) is 4.98 Å². The molecule has 1 aliphatic rings. The summed E-state index contributed by atoms with van der Waals surface area (Å²) in [7, 11) is 0. The number of nitrogens with zero attached hydrogens (tertiary/aromatic N) is 3. The van der Waals surface area contributed by atoms with E-state index >= 15 is 0 Å². The lowest BCUT2D eigenvalue weighted by Crippen LogP contribution is -2.37. The standard InChI is InChI=1S/C18H26N4O2/c1-13-7-9-19-16(11-13)18-21-17(24-22-18)12-20-15(8-10-23)14-5-3-2-4-6-14/h7,9,11,14-15,20,23H,2-6,8,10,12H2,1H3. The molecule has 1 aliphatic carbocycles. The van der Waals surface area contributed by atoms with Crippen molar-refractivity contribution in [3.05, 3.63) is 29.8 Å². The van der Waals surface area contributed by atoms with Crippen molar-refractivity contribution in [1.29, 1.82) is 0 Å². The molecule has 130 valence electrons. The van der Waals surface area contributed by atoms with E-state index in [4.69, 9.17) is 4.52 Å². The number of hydrogen-bond acceptors (Lipinski definition) is 6. The molecule has 0 aliphatic heterocycles. The van der Waals surface area contributed by atoms with E-state index in [2.05, 4.69) is 20.4 Å². The Bertz CT molecular complexity index is 637. The van der Waals surface area contributed by atoms with Gasteiger partial charge in [-0.05, 0) is 49.8 Å². The van der Waals surface area contributed by atoms with E-state index in [1.165, 1.54) is 32.1 Å². The summed E-state index contributed by atoms with van der Waals surface area (Å²) in [4.78, 5) is 8.72. The van der Waals surface area contributed by atoms with Gasteiger partial charge in [0.2, 0.25) is 11.7 Å². The average molecular weight is 330 g/mol. The number of aromatic nitrogens is 3. The van der Waals surface area contributed by atoms with Gasteiger partial charge in [-0.15, -0.1) is 0 Å². The lowest BCUT2D eigenvalue weighted by molar-refractivity contribution is 0.201. The summed E-state index contributed by atoms with van der Waals surface area (Å²) >= 11 is 0. The molecule has 0 amide bonds. The van der Waals surface area contributed by atoms with Crippen LogP contribution in [0.3, 0.4) is 0 Å². The molecule has 2 heterocycles. The Kier molecular flexibility index (Phi) is 5.93. The molecular formula is C18H26N4O2. The zero-order chi connectivity index (χ0) is 16.8. The number of aliphatic hydroxyl groups is 1. The number of nitrogens with one attached hydrogen (secondary N) is 1. The fourth-order valence-corrected chi connectivity index (χ4v) is 3.49. The van der Waals surface area contributed by atoms with Crippen LogP contribution < -0.4 is 5.32 Å². The normalized spacial score (nSPS) is 17.1. The molecule has 2 N–H and O–H groups in total. The van der Waals surface area contributed by atoms with Crippen LogP contribution in [0.5, 0.6) is 0 Å². The third-order valence-corrected chi connectivity index (χ3v) is 4.79. The first-order valence-electron chi connectivity index (χ1n) is 8.86. The van der Waals surface area contributed by atoms with E-state index in [9.17, 15) is 5.11 Å². The maximum Gasteiger partial charge on any atom is 0.240 e. The highest BCUT2D eigenvalue weighted by molar-refractivity contribution is 5.48. The summed E-state index contributed by atoms with van der Waals surface area (Å²) in [5, 5.41) is 16.9. The van der Waals surface area contributed by atoms with Crippen molar-refractivity contribution >= 4 is 0 Å². The smallest absolute Gasteiger partial charge is 0.240 e. The second-order valence-electron chi connectivity index (χ2n) is 6.63. The van der Waals surface area contributed by atoms with Crippen LogP contribution in [-0.4, -0.2) is 32.9 Å². The van der Waals surface area contributed by atoms with Crippen molar-refractivity contribution in [2.45, 2.75) is 58.0 Å². The Morgan fingerprint density at radius 1 is 1.33 bits per heavy atom. The van der Waals surface area contributed by atoms with Crippen molar-refractivity contribution in [3.8, 4) is 11.5 Å². The Morgan fingerprint density at radius 2 is 2.17 bits per heavy atom. The minimum Gasteiger partial charge on any atom is -0.396 e. The third kappa shape index (κ3) is 4.39. The maximum atomic E-state index is 9.34. The lowest BCUT2D eigenvalue weighted by atomic mass is 9.83. The van der Waals surface area contributed by atoms with Gasteiger partial charge in [0.15, 0.2) is 0 Å². The molecule has 0 radical (unpaired) electrons. The Labute approximate surface area is 142 Å². The third-order valence-electron chi connectivity index (χ3n) is 4.79. The van der Waals surface area contributed by atoms with E-state index in [1.54, 1.807) is 6.20 Å². The van der Waals surface area contributed by atoms with Gasteiger partial charge in [0.25, 0.3) is 0 Å². The van der Waals surface area contributed by atoms with Gasteiger partial charge in [-0.2, -0.15) is 4.98 Å². The van der Waals surface area contributed by atoms with Crippen LogP contribution in [0.4, 0.5) is 0 Å². The molecule has 1 saturated carbocycles. The molecule has 6 heteroatoms. The van der Waals surface area contributed by atoms with Gasteiger partial charge < -0.3 is 14.9 Å². The SMILES string of the molecule is Cc1ccnc(-c2noc(CNC(CCO)C3CCCCC3)n2)c1. The van der Waals surface area contributed by atoms with E-state index in [-0.39, 0.29) is 6.61 Å². The second kappa shape index (κ2) is 8.35. The molecule has 3 rings (SSSR count). The van der Waals surface area contributed by atoms with E-state index in [0.717, 1.165) is 17.7 Å². The molecular weight excluding hydrogens is 304 g/mol. The molecule has 1 unspecified atom stereocenters. The van der Waals surface area contributed by atoms with Gasteiger partial charge in [-0.1, -0.05) is 24.4 Å². The zero-order valence-corrected chi connectivity index (χ0v) is 14.2. The van der Waals surface area contributed by atoms with Gasteiger partial charge in [0.1, 0.15) is 5.69 Å². The van der Waals surface area contributed by atoms with Crippen LogP contribution in [0, 0.1) is 12.8 Å². The summed E-state index contributed by atoms with van der Waals surface area (Å²) < 4.78 is 5.35. The van der Waals surface area contributed by atoms with Crippen molar-refractivity contribution in [3.63, 3.8) is 0 Å². The summed E-state index contributed by atoms with van der Waals surface area (Å²) in [5.41, 5.74) is 1.84. The molecule has 0 saturated heterocycles. The highest BCUT2D eigenvalue weighted by atomic mass is 16.5. The Morgan fingerprint density at radius 3 is 2.92 bits per heavy atom. The van der Waals surface area contributed by atoms with Crippen molar-refractivity contribution in [2.24, 2.45) is 5.92 Å². The first-order chi connectivity index (χ1) is 11.8. The molecule has 0 aromatic carbocycles. The van der Waals surface area contributed by atoms with Crippen LogP contribution in [0.2, 0.25) is 0 Å². The molecule has 2 aromatic rings. The highest BCUT2D eigenvalue weighted by Crippen LogP contribution is 2.28. The number of aryl methyl sites for hydroxylation is 1. The molecule has 2 aromatic heterocycles. The van der Waals surface area contributed by atoms with Crippen LogP contribution in [-0.2, 0) is 6.54 Å². The lowest BCUT2D eigenvalue weighted by Gasteiger charge is -2.30. The van der Waals surface area contributed by atoms with Crippen molar-refractivity contribution in [2.75, 3.05) is 6.61 Å². The summed E-state index contributed by atoms with van der Waals surface area (Å²) in [6.07, 6.45) is 8.90. The highest BCUT2D eigenvalue weighted by Gasteiger charge is 2.23. The monoisotopic (exact) mass is 330 g/mol. The molecule has 0 bridgehead atoms. The van der Waals surface area contributed by atoms with Gasteiger partial charge in [-0.25, -0.2) is 0 Å². The second-order valence-corrected chi connectivity index (χ2v) is 6.63. The first-order valence-corrected chi connectivity index (χ1v) is 8.86. The average Bonchev–Trinajstić information content (AvgIpc) is 3.08. The Balaban J connectivity index is 1.61. The molecule has 1 fully saturated rings. The fraction of sp³-hybridized carbons (Fsp3) is 0.611. The zero-order valence-electron chi connectivity index (χ0n) is 14.2. The number of pyridine rings is 1. The number of rotatable bonds is 7. The van der Waals surface area contributed by atoms with Crippen LogP contribution >= 0.6 is 0 Å². The van der Waals surface area contributed by atoms with Crippen LogP contribution in [0.15, 0.2) is 22.9 Å². The van der Waals surface area contributed by atoms with Gasteiger partial charge in [0, 0.05) is 18.8 Å². The Hall–Kier alpha value is -1.79. The first kappa shape index (κ1) is 17.0. The quantitative estimate of drug-likeness (QED) is 0.812. The van der Waals surface area contributed by atoms with Gasteiger partial charge in [0.05, 0.1) is 6.54 Å². The van der Waals surface area contributed by atoms with Gasteiger partial charge >= 0.3 is 0 Å².